The van der Waals surface area contributed by atoms with E-state index in [-0.39, 0.29) is 18.9 Å². The van der Waals surface area contributed by atoms with E-state index < -0.39 is 6.09 Å². The quantitative estimate of drug-likeness (QED) is 0.690. The summed E-state index contributed by atoms with van der Waals surface area (Å²) in [5, 5.41) is 13.9. The van der Waals surface area contributed by atoms with E-state index in [2.05, 4.69) is 22.1 Å². The zero-order chi connectivity index (χ0) is 18.4. The Balaban J connectivity index is 1.59. The molecule has 5 nitrogen and oxygen atoms in total. The molecule has 3 aromatic rings. The average Bonchev–Trinajstić information content (AvgIpc) is 2.68. The van der Waals surface area contributed by atoms with Crippen LogP contribution >= 0.6 is 11.6 Å². The molecule has 130 valence electrons. The van der Waals surface area contributed by atoms with Crippen molar-refractivity contribution in [3.8, 4) is 17.6 Å². The lowest BCUT2D eigenvalue weighted by molar-refractivity contribution is 0.141. The molecule has 0 bridgehead atoms. The SMILES string of the molecule is O=C(NCC#Cc1cc(Cl)c2cccnc2c1O)OCc1ccccc1. The van der Waals surface area contributed by atoms with Crippen LogP contribution in [0, 0.1) is 11.8 Å². The summed E-state index contributed by atoms with van der Waals surface area (Å²) in [6.45, 7) is 0.262. The molecule has 0 fully saturated rings. The van der Waals surface area contributed by atoms with Crippen molar-refractivity contribution in [3.63, 3.8) is 0 Å². The fourth-order valence-corrected chi connectivity index (χ4v) is 2.57. The van der Waals surface area contributed by atoms with Crippen LogP contribution in [-0.2, 0) is 11.3 Å². The van der Waals surface area contributed by atoms with Crippen LogP contribution in [0.25, 0.3) is 10.9 Å². The number of rotatable bonds is 3. The fourth-order valence-electron chi connectivity index (χ4n) is 2.31. The molecule has 2 aromatic carbocycles. The number of phenols is 1. The Morgan fingerprint density at radius 3 is 2.85 bits per heavy atom. The standard InChI is InChI=1S/C20H15ClN2O3/c21-17-12-15(19(24)18-16(17)9-5-10-22-18)8-4-11-23-20(25)26-13-14-6-2-1-3-7-14/h1-3,5-7,9-10,12,24H,11,13H2,(H,23,25). The van der Waals surface area contributed by atoms with Crippen LogP contribution in [-0.4, -0.2) is 22.7 Å². The Bertz CT molecular complexity index is 994. The number of fused-ring (bicyclic) bond motifs is 1. The Morgan fingerprint density at radius 2 is 2.04 bits per heavy atom. The van der Waals surface area contributed by atoms with E-state index in [1.807, 2.05) is 30.3 Å². The second-order valence-electron chi connectivity index (χ2n) is 5.37. The number of hydrogen-bond donors (Lipinski definition) is 2. The van der Waals surface area contributed by atoms with Gasteiger partial charge in [0.2, 0.25) is 0 Å². The number of benzene rings is 2. The van der Waals surface area contributed by atoms with Gasteiger partial charge in [0.25, 0.3) is 0 Å². The van der Waals surface area contributed by atoms with E-state index >= 15 is 0 Å². The van der Waals surface area contributed by atoms with Gasteiger partial charge < -0.3 is 15.2 Å². The van der Waals surface area contributed by atoms with Gasteiger partial charge in [-0.1, -0.05) is 53.8 Å². The maximum Gasteiger partial charge on any atom is 0.408 e. The van der Waals surface area contributed by atoms with Crippen LogP contribution in [0.15, 0.2) is 54.7 Å². The molecule has 0 aliphatic heterocycles. The van der Waals surface area contributed by atoms with E-state index in [1.54, 1.807) is 24.4 Å². The van der Waals surface area contributed by atoms with Gasteiger partial charge in [-0.3, -0.25) is 4.98 Å². The maximum atomic E-state index is 11.6. The molecule has 1 amide bonds. The summed E-state index contributed by atoms with van der Waals surface area (Å²) in [6.07, 6.45) is 1.01. The Hall–Kier alpha value is -3.23. The third-order valence-electron chi connectivity index (χ3n) is 3.57. The minimum absolute atomic E-state index is 0.0378. The molecule has 0 radical (unpaired) electrons. The fraction of sp³-hybridized carbons (Fsp3) is 0.100. The third kappa shape index (κ3) is 4.24. The van der Waals surface area contributed by atoms with Crippen molar-refractivity contribution in [2.75, 3.05) is 6.54 Å². The number of ether oxygens (including phenoxy) is 1. The largest absolute Gasteiger partial charge is 0.504 e. The first kappa shape index (κ1) is 17.6. The van der Waals surface area contributed by atoms with Crippen molar-refractivity contribution in [2.24, 2.45) is 0 Å². The molecular weight excluding hydrogens is 352 g/mol. The minimum atomic E-state index is -0.564. The first-order chi connectivity index (χ1) is 12.6. The molecule has 3 rings (SSSR count). The van der Waals surface area contributed by atoms with Gasteiger partial charge in [0, 0.05) is 11.6 Å². The van der Waals surface area contributed by atoms with Crippen LogP contribution in [0.4, 0.5) is 4.79 Å². The number of hydrogen-bond acceptors (Lipinski definition) is 4. The van der Waals surface area contributed by atoms with E-state index in [4.69, 9.17) is 16.3 Å². The summed E-state index contributed by atoms with van der Waals surface area (Å²) in [4.78, 5) is 15.8. The number of pyridine rings is 1. The summed E-state index contributed by atoms with van der Waals surface area (Å²) in [5.41, 5.74) is 1.64. The monoisotopic (exact) mass is 366 g/mol. The zero-order valence-corrected chi connectivity index (χ0v) is 14.5. The molecular formula is C20H15ClN2O3. The van der Waals surface area contributed by atoms with Gasteiger partial charge in [0.05, 0.1) is 17.1 Å². The predicted octanol–water partition coefficient (Wildman–Crippen LogP) is 3.87. The number of aromatic hydroxyl groups is 1. The zero-order valence-electron chi connectivity index (χ0n) is 13.7. The molecule has 2 N–H and O–H groups in total. The van der Waals surface area contributed by atoms with Crippen molar-refractivity contribution in [2.45, 2.75) is 6.61 Å². The summed E-state index contributed by atoms with van der Waals surface area (Å²) in [7, 11) is 0. The molecule has 0 aliphatic rings. The average molecular weight is 367 g/mol. The number of carbonyl (C=O) groups excluding carboxylic acids is 1. The number of alkyl carbamates (subject to hydrolysis) is 1. The lowest BCUT2D eigenvalue weighted by atomic mass is 10.1. The highest BCUT2D eigenvalue weighted by atomic mass is 35.5. The Labute approximate surface area is 155 Å². The molecule has 0 unspecified atom stereocenters. The van der Waals surface area contributed by atoms with Crippen molar-refractivity contribution < 1.29 is 14.6 Å². The highest BCUT2D eigenvalue weighted by Gasteiger charge is 2.09. The van der Waals surface area contributed by atoms with Gasteiger partial charge >= 0.3 is 6.09 Å². The van der Waals surface area contributed by atoms with Crippen molar-refractivity contribution in [3.05, 3.63) is 70.9 Å². The van der Waals surface area contributed by atoms with Gasteiger partial charge in [-0.15, -0.1) is 0 Å². The minimum Gasteiger partial charge on any atom is -0.504 e. The molecule has 0 spiro atoms. The summed E-state index contributed by atoms with van der Waals surface area (Å²) >= 11 is 6.19. The lowest BCUT2D eigenvalue weighted by Crippen LogP contribution is -2.24. The highest BCUT2D eigenvalue weighted by Crippen LogP contribution is 2.32. The highest BCUT2D eigenvalue weighted by molar-refractivity contribution is 6.35. The number of carbonyl (C=O) groups is 1. The molecule has 0 saturated carbocycles. The number of nitrogens with zero attached hydrogens (tertiary/aromatic N) is 1. The normalized spacial score (nSPS) is 10.0. The van der Waals surface area contributed by atoms with Gasteiger partial charge in [-0.2, -0.15) is 0 Å². The Kier molecular flexibility index (Phi) is 5.57. The number of nitrogens with one attached hydrogen (secondary N) is 1. The van der Waals surface area contributed by atoms with E-state index in [1.165, 1.54) is 0 Å². The van der Waals surface area contributed by atoms with E-state index in [0.29, 0.717) is 21.5 Å². The second-order valence-corrected chi connectivity index (χ2v) is 5.78. The van der Waals surface area contributed by atoms with Crippen molar-refractivity contribution in [1.29, 1.82) is 0 Å². The summed E-state index contributed by atoms with van der Waals surface area (Å²) < 4.78 is 5.08. The molecule has 1 aromatic heterocycles. The summed E-state index contributed by atoms with van der Waals surface area (Å²) in [6, 6.07) is 14.5. The van der Waals surface area contributed by atoms with Crippen molar-refractivity contribution >= 4 is 28.6 Å². The maximum absolute atomic E-state index is 11.6. The first-order valence-electron chi connectivity index (χ1n) is 7.85. The molecule has 0 saturated heterocycles. The van der Waals surface area contributed by atoms with Crippen LogP contribution < -0.4 is 5.32 Å². The number of amides is 1. The summed E-state index contributed by atoms with van der Waals surface area (Å²) in [5.74, 6) is 5.50. The Morgan fingerprint density at radius 1 is 1.23 bits per heavy atom. The van der Waals surface area contributed by atoms with E-state index in [9.17, 15) is 9.90 Å². The number of aromatic nitrogens is 1. The second kappa shape index (κ2) is 8.24. The van der Waals surface area contributed by atoms with Crippen LogP contribution in [0.5, 0.6) is 5.75 Å². The van der Waals surface area contributed by atoms with Crippen LogP contribution in [0.3, 0.4) is 0 Å². The van der Waals surface area contributed by atoms with Gasteiger partial charge in [-0.05, 0) is 23.8 Å². The predicted molar refractivity (Wildman–Crippen MR) is 99.9 cm³/mol. The van der Waals surface area contributed by atoms with Crippen LogP contribution in [0.2, 0.25) is 5.02 Å². The molecule has 26 heavy (non-hydrogen) atoms. The topological polar surface area (TPSA) is 71.5 Å². The third-order valence-corrected chi connectivity index (χ3v) is 3.89. The molecule has 0 atom stereocenters. The number of phenolic OH excluding ortho intramolecular Hbond substituents is 1. The molecule has 0 aliphatic carbocycles. The molecule has 6 heteroatoms. The van der Waals surface area contributed by atoms with Gasteiger partial charge in [0.1, 0.15) is 12.1 Å². The molecule has 1 heterocycles. The van der Waals surface area contributed by atoms with Crippen molar-refractivity contribution in [1.82, 2.24) is 10.3 Å². The number of halogens is 1. The smallest absolute Gasteiger partial charge is 0.408 e. The lowest BCUT2D eigenvalue weighted by Gasteiger charge is -2.05. The van der Waals surface area contributed by atoms with Crippen LogP contribution in [0.1, 0.15) is 11.1 Å². The van der Waals surface area contributed by atoms with Gasteiger partial charge in [0.15, 0.2) is 5.75 Å². The van der Waals surface area contributed by atoms with Gasteiger partial charge in [-0.25, -0.2) is 4.79 Å². The first-order valence-corrected chi connectivity index (χ1v) is 8.22. The van der Waals surface area contributed by atoms with E-state index in [0.717, 1.165) is 5.56 Å².